The van der Waals surface area contributed by atoms with Gasteiger partial charge in [0.15, 0.2) is 0 Å². The van der Waals surface area contributed by atoms with Gasteiger partial charge in [-0.2, -0.15) is 13.2 Å². The Morgan fingerprint density at radius 1 is 1.24 bits per heavy atom. The molecule has 0 atom stereocenters. The molecular weight excluding hydrogens is 234 g/mol. The van der Waals surface area contributed by atoms with Crippen LogP contribution in [0.15, 0.2) is 18.2 Å². The number of nitrogens with one attached hydrogen (secondary N) is 1. The summed E-state index contributed by atoms with van der Waals surface area (Å²) in [5.74, 6) is -0.143. The summed E-state index contributed by atoms with van der Waals surface area (Å²) in [7, 11) is 0. The maximum Gasteiger partial charge on any atom is 0.416 e. The number of halogens is 4. The Morgan fingerprint density at radius 3 is 2.47 bits per heavy atom. The maximum atomic E-state index is 13.4. The number of hydrogen-bond donors (Lipinski definition) is 1. The van der Waals surface area contributed by atoms with Gasteiger partial charge in [0.25, 0.3) is 0 Å². The molecule has 0 aromatic heterocycles. The largest absolute Gasteiger partial charge is 0.416 e. The molecule has 1 N–H and O–H groups in total. The summed E-state index contributed by atoms with van der Waals surface area (Å²) in [5, 5.41) is 3.04. The Hall–Kier alpha value is -1.10. The van der Waals surface area contributed by atoms with Crippen LogP contribution >= 0.6 is 0 Å². The molecule has 1 aromatic carbocycles. The molecule has 2 rings (SSSR count). The molecule has 0 radical (unpaired) electrons. The van der Waals surface area contributed by atoms with Crippen LogP contribution in [0.1, 0.15) is 24.0 Å². The Labute approximate surface area is 96.8 Å². The van der Waals surface area contributed by atoms with Crippen LogP contribution in [0.5, 0.6) is 0 Å². The fourth-order valence-electron chi connectivity index (χ4n) is 1.60. The van der Waals surface area contributed by atoms with Gasteiger partial charge in [-0.1, -0.05) is 6.07 Å². The maximum absolute atomic E-state index is 13.4. The van der Waals surface area contributed by atoms with E-state index in [0.29, 0.717) is 12.0 Å². The zero-order valence-electron chi connectivity index (χ0n) is 9.15. The first-order chi connectivity index (χ1) is 7.97. The van der Waals surface area contributed by atoms with Gasteiger partial charge in [0.1, 0.15) is 5.82 Å². The number of alkyl halides is 3. The van der Waals surface area contributed by atoms with Gasteiger partial charge in [0, 0.05) is 12.1 Å². The van der Waals surface area contributed by atoms with Crippen molar-refractivity contribution in [2.24, 2.45) is 5.92 Å². The molecular formula is C12H13F4N. The van der Waals surface area contributed by atoms with Gasteiger partial charge in [-0.05, 0) is 37.4 Å². The van der Waals surface area contributed by atoms with Crippen molar-refractivity contribution in [3.63, 3.8) is 0 Å². The zero-order valence-corrected chi connectivity index (χ0v) is 9.15. The first kappa shape index (κ1) is 12.4. The van der Waals surface area contributed by atoms with Gasteiger partial charge in [-0.25, -0.2) is 4.39 Å². The molecule has 0 aliphatic heterocycles. The van der Waals surface area contributed by atoms with Gasteiger partial charge in [-0.15, -0.1) is 0 Å². The molecule has 0 amide bonds. The van der Waals surface area contributed by atoms with E-state index < -0.39 is 17.6 Å². The molecule has 0 heterocycles. The highest BCUT2D eigenvalue weighted by molar-refractivity contribution is 5.26. The molecule has 1 nitrogen and oxygen atoms in total. The molecule has 0 unspecified atom stereocenters. The van der Waals surface area contributed by atoms with Crippen molar-refractivity contribution in [1.82, 2.24) is 5.32 Å². The van der Waals surface area contributed by atoms with Crippen molar-refractivity contribution in [2.45, 2.75) is 25.6 Å². The number of hydrogen-bond acceptors (Lipinski definition) is 1. The zero-order chi connectivity index (χ0) is 12.5. The molecule has 17 heavy (non-hydrogen) atoms. The van der Waals surface area contributed by atoms with E-state index in [9.17, 15) is 17.6 Å². The van der Waals surface area contributed by atoms with Crippen LogP contribution in [0, 0.1) is 11.7 Å². The molecule has 0 spiro atoms. The van der Waals surface area contributed by atoms with Crippen LogP contribution in [-0.4, -0.2) is 6.54 Å². The van der Waals surface area contributed by atoms with E-state index in [1.165, 1.54) is 18.9 Å². The summed E-state index contributed by atoms with van der Waals surface area (Å²) >= 11 is 0. The fourth-order valence-corrected chi connectivity index (χ4v) is 1.60. The highest BCUT2D eigenvalue weighted by Crippen LogP contribution is 2.30. The highest BCUT2D eigenvalue weighted by Gasteiger charge is 2.31. The van der Waals surface area contributed by atoms with Crippen LogP contribution < -0.4 is 5.32 Å². The minimum absolute atomic E-state index is 0.277. The van der Waals surface area contributed by atoms with Crippen molar-refractivity contribution >= 4 is 0 Å². The fraction of sp³-hybridized carbons (Fsp3) is 0.500. The predicted molar refractivity (Wildman–Crippen MR) is 55.8 cm³/mol. The van der Waals surface area contributed by atoms with Crippen LogP contribution in [0.3, 0.4) is 0 Å². The lowest BCUT2D eigenvalue weighted by atomic mass is 10.1. The van der Waals surface area contributed by atoms with E-state index in [0.717, 1.165) is 12.6 Å². The quantitative estimate of drug-likeness (QED) is 0.804. The second-order valence-corrected chi connectivity index (χ2v) is 4.38. The predicted octanol–water partition coefficient (Wildman–Crippen LogP) is 3.34. The SMILES string of the molecule is Fc1cc(C(F)(F)F)ccc1CNCC1CC1. The first-order valence-corrected chi connectivity index (χ1v) is 5.53. The smallest absolute Gasteiger partial charge is 0.312 e. The van der Waals surface area contributed by atoms with Crippen molar-refractivity contribution in [2.75, 3.05) is 6.54 Å². The third-order valence-electron chi connectivity index (χ3n) is 2.83. The molecule has 1 fully saturated rings. The van der Waals surface area contributed by atoms with E-state index >= 15 is 0 Å². The average molecular weight is 247 g/mol. The van der Waals surface area contributed by atoms with E-state index in [1.807, 2.05) is 0 Å². The van der Waals surface area contributed by atoms with Crippen molar-refractivity contribution < 1.29 is 17.6 Å². The topological polar surface area (TPSA) is 12.0 Å². The lowest BCUT2D eigenvalue weighted by molar-refractivity contribution is -0.137. The molecule has 94 valence electrons. The summed E-state index contributed by atoms with van der Waals surface area (Å²) in [6.07, 6.45) is -2.12. The minimum Gasteiger partial charge on any atom is -0.312 e. The lowest BCUT2D eigenvalue weighted by Gasteiger charge is -2.09. The second-order valence-electron chi connectivity index (χ2n) is 4.38. The molecule has 0 bridgehead atoms. The number of rotatable bonds is 4. The monoisotopic (exact) mass is 247 g/mol. The summed E-state index contributed by atoms with van der Waals surface area (Å²) < 4.78 is 50.2. The van der Waals surface area contributed by atoms with Crippen molar-refractivity contribution in [1.29, 1.82) is 0 Å². The van der Waals surface area contributed by atoms with Crippen LogP contribution in [0.25, 0.3) is 0 Å². The Morgan fingerprint density at radius 2 is 1.94 bits per heavy atom. The van der Waals surface area contributed by atoms with Gasteiger partial charge in [-0.3, -0.25) is 0 Å². The van der Waals surface area contributed by atoms with Gasteiger partial charge >= 0.3 is 6.18 Å². The first-order valence-electron chi connectivity index (χ1n) is 5.53. The summed E-state index contributed by atoms with van der Waals surface area (Å²) in [6.45, 7) is 1.08. The van der Waals surface area contributed by atoms with Crippen LogP contribution in [0.4, 0.5) is 17.6 Å². The van der Waals surface area contributed by atoms with E-state index in [2.05, 4.69) is 5.32 Å². The summed E-state index contributed by atoms with van der Waals surface area (Å²) in [4.78, 5) is 0. The van der Waals surface area contributed by atoms with E-state index in [4.69, 9.17) is 0 Å². The summed E-state index contributed by atoms with van der Waals surface area (Å²) in [5.41, 5.74) is -0.667. The van der Waals surface area contributed by atoms with Crippen molar-refractivity contribution in [3.8, 4) is 0 Å². The molecule has 1 aliphatic carbocycles. The molecule has 1 saturated carbocycles. The highest BCUT2D eigenvalue weighted by atomic mass is 19.4. The van der Waals surface area contributed by atoms with E-state index in [-0.39, 0.29) is 12.1 Å². The van der Waals surface area contributed by atoms with Gasteiger partial charge in [0.2, 0.25) is 0 Å². The molecule has 1 aliphatic rings. The average Bonchev–Trinajstić information content (AvgIpc) is 3.02. The lowest BCUT2D eigenvalue weighted by Crippen LogP contribution is -2.17. The normalized spacial score (nSPS) is 16.2. The Kier molecular flexibility index (Phi) is 3.38. The Bertz CT molecular complexity index is 396. The molecule has 0 saturated heterocycles. The number of benzene rings is 1. The van der Waals surface area contributed by atoms with Gasteiger partial charge < -0.3 is 5.32 Å². The molecule has 1 aromatic rings. The second kappa shape index (κ2) is 4.64. The Balaban J connectivity index is 1.97. The van der Waals surface area contributed by atoms with Crippen LogP contribution in [0.2, 0.25) is 0 Å². The summed E-state index contributed by atoms with van der Waals surface area (Å²) in [6, 6.07) is 2.66. The third-order valence-corrected chi connectivity index (χ3v) is 2.83. The molecule has 5 heteroatoms. The van der Waals surface area contributed by atoms with E-state index in [1.54, 1.807) is 0 Å². The third kappa shape index (κ3) is 3.43. The van der Waals surface area contributed by atoms with Gasteiger partial charge in [0.05, 0.1) is 5.56 Å². The minimum atomic E-state index is -4.49. The van der Waals surface area contributed by atoms with Crippen molar-refractivity contribution in [3.05, 3.63) is 35.1 Å². The van der Waals surface area contributed by atoms with Crippen LogP contribution in [-0.2, 0) is 12.7 Å². The standard InChI is InChI=1S/C12H13F4N/c13-11-5-10(12(14,15)16)4-3-9(11)7-17-6-8-1-2-8/h3-5,8,17H,1-2,6-7H2.